The molecule has 3 aromatic carbocycles. The van der Waals surface area contributed by atoms with Crippen LogP contribution in [-0.4, -0.2) is 44.3 Å². The fourth-order valence-corrected chi connectivity index (χ4v) is 5.91. The maximum absolute atomic E-state index is 14.0. The zero-order valence-corrected chi connectivity index (χ0v) is 23.7. The molecule has 1 atom stereocenters. The van der Waals surface area contributed by atoms with Gasteiger partial charge < -0.3 is 10.2 Å². The summed E-state index contributed by atoms with van der Waals surface area (Å²) in [6.45, 7) is 7.47. The maximum Gasteiger partial charge on any atom is 0.264 e. The zero-order chi connectivity index (χ0) is 27.9. The molecule has 0 aliphatic carbocycles. The Hall–Kier alpha value is -3.36. The molecular formula is C29H34ClN3O4S. The Bertz CT molecular complexity index is 1380. The molecule has 2 amide bonds. The molecule has 0 heterocycles. The Labute approximate surface area is 230 Å². The lowest BCUT2D eigenvalue weighted by molar-refractivity contribution is -0.140. The SMILES string of the molecule is CCNC(=O)[C@@H](CC)N(Cc1ccccc1C)C(=O)CN(c1ccccc1Cl)S(=O)(=O)c1ccc(C)cc1. The van der Waals surface area contributed by atoms with E-state index in [0.717, 1.165) is 21.0 Å². The number of aryl methyl sites for hydroxylation is 2. The van der Waals surface area contributed by atoms with Gasteiger partial charge in [-0.15, -0.1) is 0 Å². The van der Waals surface area contributed by atoms with Gasteiger partial charge in [-0.1, -0.05) is 72.6 Å². The van der Waals surface area contributed by atoms with Crippen LogP contribution in [0.2, 0.25) is 5.02 Å². The predicted octanol–water partition coefficient (Wildman–Crippen LogP) is 5.10. The second-order valence-corrected chi connectivity index (χ2v) is 11.3. The number of para-hydroxylation sites is 1. The number of carbonyl (C=O) groups is 2. The van der Waals surface area contributed by atoms with Crippen LogP contribution < -0.4 is 9.62 Å². The summed E-state index contributed by atoms with van der Waals surface area (Å²) in [5.74, 6) is -0.801. The maximum atomic E-state index is 14.0. The first-order chi connectivity index (χ1) is 18.1. The van der Waals surface area contributed by atoms with E-state index in [-0.39, 0.29) is 28.1 Å². The lowest BCUT2D eigenvalue weighted by atomic mass is 10.1. The van der Waals surface area contributed by atoms with E-state index in [4.69, 9.17) is 11.6 Å². The van der Waals surface area contributed by atoms with Crippen molar-refractivity contribution in [2.45, 2.75) is 51.6 Å². The number of nitrogens with zero attached hydrogens (tertiary/aromatic N) is 2. The summed E-state index contributed by atoms with van der Waals surface area (Å²) in [6, 6.07) is 19.7. The number of anilines is 1. The summed E-state index contributed by atoms with van der Waals surface area (Å²) in [7, 11) is -4.17. The molecule has 9 heteroatoms. The topological polar surface area (TPSA) is 86.8 Å². The summed E-state index contributed by atoms with van der Waals surface area (Å²) >= 11 is 6.44. The summed E-state index contributed by atoms with van der Waals surface area (Å²) < 4.78 is 28.7. The van der Waals surface area contributed by atoms with Crippen LogP contribution in [0, 0.1) is 13.8 Å². The highest BCUT2D eigenvalue weighted by Crippen LogP contribution is 2.31. The van der Waals surface area contributed by atoms with Gasteiger partial charge in [0, 0.05) is 13.1 Å². The van der Waals surface area contributed by atoms with E-state index in [2.05, 4.69) is 5.32 Å². The van der Waals surface area contributed by atoms with Crippen molar-refractivity contribution in [3.05, 3.63) is 94.5 Å². The first-order valence-corrected chi connectivity index (χ1v) is 14.4. The average molecular weight is 556 g/mol. The van der Waals surface area contributed by atoms with Crippen LogP contribution in [0.25, 0.3) is 0 Å². The number of amides is 2. The van der Waals surface area contributed by atoms with E-state index in [1.165, 1.54) is 17.0 Å². The third kappa shape index (κ3) is 6.74. The molecule has 3 rings (SSSR count). The zero-order valence-electron chi connectivity index (χ0n) is 22.1. The first kappa shape index (κ1) is 29.2. The number of hydrogen-bond donors (Lipinski definition) is 1. The molecule has 0 saturated carbocycles. The van der Waals surface area contributed by atoms with Crippen molar-refractivity contribution in [3.8, 4) is 0 Å². The van der Waals surface area contributed by atoms with E-state index in [0.29, 0.717) is 13.0 Å². The number of benzene rings is 3. The predicted molar refractivity (Wildman–Crippen MR) is 152 cm³/mol. The van der Waals surface area contributed by atoms with Gasteiger partial charge in [0.2, 0.25) is 11.8 Å². The van der Waals surface area contributed by atoms with Crippen molar-refractivity contribution in [2.75, 3.05) is 17.4 Å². The van der Waals surface area contributed by atoms with Gasteiger partial charge >= 0.3 is 0 Å². The highest BCUT2D eigenvalue weighted by molar-refractivity contribution is 7.92. The largest absolute Gasteiger partial charge is 0.355 e. The molecule has 38 heavy (non-hydrogen) atoms. The van der Waals surface area contributed by atoms with Crippen LogP contribution in [-0.2, 0) is 26.2 Å². The molecule has 0 spiro atoms. The summed E-state index contributed by atoms with van der Waals surface area (Å²) in [5.41, 5.74) is 2.92. The fraction of sp³-hybridized carbons (Fsp3) is 0.310. The quantitative estimate of drug-likeness (QED) is 0.357. The molecule has 0 aromatic heterocycles. The van der Waals surface area contributed by atoms with Gasteiger partial charge in [-0.25, -0.2) is 8.42 Å². The van der Waals surface area contributed by atoms with Crippen molar-refractivity contribution in [1.29, 1.82) is 0 Å². The number of rotatable bonds is 11. The summed E-state index contributed by atoms with van der Waals surface area (Å²) in [6.07, 6.45) is 0.361. The van der Waals surface area contributed by atoms with Gasteiger partial charge in [0.1, 0.15) is 12.6 Å². The van der Waals surface area contributed by atoms with Crippen LogP contribution in [0.3, 0.4) is 0 Å². The van der Waals surface area contributed by atoms with Crippen molar-refractivity contribution in [3.63, 3.8) is 0 Å². The number of likely N-dealkylation sites (N-methyl/N-ethyl adjacent to an activating group) is 1. The summed E-state index contributed by atoms with van der Waals surface area (Å²) in [4.78, 5) is 28.5. The minimum Gasteiger partial charge on any atom is -0.355 e. The van der Waals surface area contributed by atoms with E-state index in [1.807, 2.05) is 52.0 Å². The van der Waals surface area contributed by atoms with E-state index >= 15 is 0 Å². The molecule has 0 bridgehead atoms. The third-order valence-electron chi connectivity index (χ3n) is 6.35. The number of sulfonamides is 1. The summed E-state index contributed by atoms with van der Waals surface area (Å²) in [5, 5.41) is 2.99. The molecule has 0 aliphatic rings. The molecule has 0 aliphatic heterocycles. The Kier molecular flexibility index (Phi) is 9.94. The van der Waals surface area contributed by atoms with Gasteiger partial charge in [-0.2, -0.15) is 0 Å². The van der Waals surface area contributed by atoms with E-state index < -0.39 is 28.5 Å². The van der Waals surface area contributed by atoms with Crippen LogP contribution in [0.1, 0.15) is 37.0 Å². The Morgan fingerprint density at radius 2 is 1.55 bits per heavy atom. The fourth-order valence-electron chi connectivity index (χ4n) is 4.19. The minimum absolute atomic E-state index is 0.0389. The van der Waals surface area contributed by atoms with Gasteiger partial charge in [0.15, 0.2) is 0 Å². The lowest BCUT2D eigenvalue weighted by Crippen LogP contribution is -2.52. The van der Waals surface area contributed by atoms with E-state index in [9.17, 15) is 18.0 Å². The third-order valence-corrected chi connectivity index (χ3v) is 8.44. The van der Waals surface area contributed by atoms with Crippen LogP contribution >= 0.6 is 11.6 Å². The van der Waals surface area contributed by atoms with Crippen molar-refractivity contribution in [1.82, 2.24) is 10.2 Å². The average Bonchev–Trinajstić information content (AvgIpc) is 2.89. The van der Waals surface area contributed by atoms with Gasteiger partial charge in [0.25, 0.3) is 10.0 Å². The molecule has 3 aromatic rings. The monoisotopic (exact) mass is 555 g/mol. The second-order valence-electron chi connectivity index (χ2n) is 9.04. The highest BCUT2D eigenvalue weighted by atomic mass is 35.5. The van der Waals surface area contributed by atoms with Crippen LogP contribution in [0.15, 0.2) is 77.7 Å². The Balaban J connectivity index is 2.08. The first-order valence-electron chi connectivity index (χ1n) is 12.6. The normalized spacial score (nSPS) is 12.0. The van der Waals surface area contributed by atoms with Crippen molar-refractivity contribution < 1.29 is 18.0 Å². The molecule has 202 valence electrons. The van der Waals surface area contributed by atoms with Crippen LogP contribution in [0.4, 0.5) is 5.69 Å². The van der Waals surface area contributed by atoms with Gasteiger partial charge in [-0.05, 0) is 62.6 Å². The van der Waals surface area contributed by atoms with Gasteiger partial charge in [-0.3, -0.25) is 13.9 Å². The molecule has 0 unspecified atom stereocenters. The number of nitrogens with one attached hydrogen (secondary N) is 1. The number of halogens is 1. The number of hydrogen-bond acceptors (Lipinski definition) is 4. The van der Waals surface area contributed by atoms with Gasteiger partial charge in [0.05, 0.1) is 15.6 Å². The molecule has 0 saturated heterocycles. The second kappa shape index (κ2) is 12.9. The molecule has 7 nitrogen and oxygen atoms in total. The van der Waals surface area contributed by atoms with Crippen molar-refractivity contribution in [2.24, 2.45) is 0 Å². The van der Waals surface area contributed by atoms with Crippen molar-refractivity contribution >= 4 is 39.1 Å². The standard InChI is InChI=1S/C29H34ClN3O4S/c1-5-26(29(35)31-6-2)32(19-23-12-8-7-11-22(23)4)28(34)20-33(27-14-10-9-13-25(27)30)38(36,37)24-17-15-21(3)16-18-24/h7-18,26H,5-6,19-20H2,1-4H3,(H,31,35)/t26-/m1/s1. The number of carbonyl (C=O) groups excluding carboxylic acids is 2. The molecule has 1 N–H and O–H groups in total. The lowest BCUT2D eigenvalue weighted by Gasteiger charge is -2.33. The molecular weight excluding hydrogens is 522 g/mol. The minimum atomic E-state index is -4.17. The van der Waals surface area contributed by atoms with Crippen LogP contribution in [0.5, 0.6) is 0 Å². The highest BCUT2D eigenvalue weighted by Gasteiger charge is 2.34. The van der Waals surface area contributed by atoms with E-state index in [1.54, 1.807) is 36.4 Å². The molecule has 0 fully saturated rings. The molecule has 0 radical (unpaired) electrons. The Morgan fingerprint density at radius 3 is 2.16 bits per heavy atom. The Morgan fingerprint density at radius 1 is 0.921 bits per heavy atom. The smallest absolute Gasteiger partial charge is 0.264 e.